The number of hydrogen-bond donors (Lipinski definition) is 2. The summed E-state index contributed by atoms with van der Waals surface area (Å²) >= 11 is 1.28. The third kappa shape index (κ3) is 3.72. The molecule has 1 amide bonds. The van der Waals surface area contributed by atoms with Crippen LogP contribution >= 0.6 is 11.3 Å². The van der Waals surface area contributed by atoms with E-state index in [-0.39, 0.29) is 24.0 Å². The molecule has 120 valence electrons. The predicted octanol–water partition coefficient (Wildman–Crippen LogP) is 2.27. The molecule has 7 nitrogen and oxygen atoms in total. The number of anilines is 1. The molecule has 0 saturated carbocycles. The Kier molecular flexibility index (Phi) is 4.63. The van der Waals surface area contributed by atoms with Gasteiger partial charge in [-0.15, -0.1) is 10.2 Å². The molecule has 2 heterocycles. The van der Waals surface area contributed by atoms with Gasteiger partial charge in [-0.25, -0.2) is 4.79 Å². The van der Waals surface area contributed by atoms with Crippen molar-refractivity contribution in [2.45, 2.75) is 25.4 Å². The Morgan fingerprint density at radius 1 is 1.35 bits per heavy atom. The van der Waals surface area contributed by atoms with Gasteiger partial charge in [0.15, 0.2) is 0 Å². The maximum absolute atomic E-state index is 12.1. The second-order valence-electron chi connectivity index (χ2n) is 5.13. The van der Waals surface area contributed by atoms with Crippen LogP contribution in [0.2, 0.25) is 0 Å². The van der Waals surface area contributed by atoms with Gasteiger partial charge in [-0.05, 0) is 24.5 Å². The van der Waals surface area contributed by atoms with E-state index in [0.29, 0.717) is 10.7 Å². The molecule has 8 heteroatoms. The molecule has 0 unspecified atom stereocenters. The number of rotatable bonds is 5. The molecule has 1 aliphatic heterocycles. The van der Waals surface area contributed by atoms with E-state index in [9.17, 15) is 9.59 Å². The summed E-state index contributed by atoms with van der Waals surface area (Å²) in [5.41, 5.74) is 0.585. The molecule has 3 rings (SSSR count). The molecule has 0 bridgehead atoms. The number of nitrogens with zero attached hydrogens (tertiary/aromatic N) is 2. The van der Waals surface area contributed by atoms with Gasteiger partial charge in [0.05, 0.1) is 12.0 Å². The average molecular weight is 333 g/mol. The van der Waals surface area contributed by atoms with Crippen LogP contribution in [0.25, 0.3) is 0 Å². The quantitative estimate of drug-likeness (QED) is 0.870. The van der Waals surface area contributed by atoms with Crippen molar-refractivity contribution >= 4 is 28.3 Å². The van der Waals surface area contributed by atoms with Crippen LogP contribution in [0, 0.1) is 0 Å². The SMILES string of the molecule is O=C(Cc1ccccc1C(=O)O)Nc1nnc([C@@H]2CCCO2)s1. The Morgan fingerprint density at radius 3 is 2.91 bits per heavy atom. The lowest BCUT2D eigenvalue weighted by Gasteiger charge is -2.05. The van der Waals surface area contributed by atoms with E-state index in [4.69, 9.17) is 9.84 Å². The zero-order valence-electron chi connectivity index (χ0n) is 12.2. The summed E-state index contributed by atoms with van der Waals surface area (Å²) in [6.45, 7) is 0.720. The summed E-state index contributed by atoms with van der Waals surface area (Å²) < 4.78 is 5.52. The average Bonchev–Trinajstić information content (AvgIpc) is 3.18. The van der Waals surface area contributed by atoms with Gasteiger partial charge in [0, 0.05) is 6.61 Å². The second kappa shape index (κ2) is 6.84. The highest BCUT2D eigenvalue weighted by Crippen LogP contribution is 2.31. The Hall–Kier alpha value is -2.32. The zero-order valence-corrected chi connectivity index (χ0v) is 13.0. The molecule has 1 aromatic heterocycles. The Morgan fingerprint density at radius 2 is 2.17 bits per heavy atom. The van der Waals surface area contributed by atoms with Crippen LogP contribution in [0.5, 0.6) is 0 Å². The fourth-order valence-electron chi connectivity index (χ4n) is 2.41. The first kappa shape index (κ1) is 15.6. The van der Waals surface area contributed by atoms with Gasteiger partial charge in [-0.3, -0.25) is 4.79 Å². The summed E-state index contributed by atoms with van der Waals surface area (Å²) in [5.74, 6) is -1.38. The molecule has 0 spiro atoms. The summed E-state index contributed by atoms with van der Waals surface area (Å²) in [5, 5.41) is 20.9. The predicted molar refractivity (Wildman–Crippen MR) is 83.6 cm³/mol. The molecule has 23 heavy (non-hydrogen) atoms. The lowest BCUT2D eigenvalue weighted by Crippen LogP contribution is -2.16. The van der Waals surface area contributed by atoms with Gasteiger partial charge < -0.3 is 15.2 Å². The molecule has 0 radical (unpaired) electrons. The highest BCUT2D eigenvalue weighted by atomic mass is 32.1. The maximum atomic E-state index is 12.1. The summed E-state index contributed by atoms with van der Waals surface area (Å²) in [6, 6.07) is 6.44. The fraction of sp³-hybridized carbons (Fsp3) is 0.333. The minimum absolute atomic E-state index is 0.0304. The van der Waals surface area contributed by atoms with E-state index >= 15 is 0 Å². The van der Waals surface area contributed by atoms with E-state index in [1.807, 2.05) is 0 Å². The second-order valence-corrected chi connectivity index (χ2v) is 6.14. The number of carbonyl (C=O) groups is 2. The van der Waals surface area contributed by atoms with Gasteiger partial charge in [0.25, 0.3) is 0 Å². The molecule has 1 atom stereocenters. The van der Waals surface area contributed by atoms with E-state index < -0.39 is 5.97 Å². The number of aromatic carboxylic acids is 1. The smallest absolute Gasteiger partial charge is 0.335 e. The number of carboxylic acid groups (broad SMARTS) is 1. The van der Waals surface area contributed by atoms with Crippen LogP contribution in [0.15, 0.2) is 24.3 Å². The highest BCUT2D eigenvalue weighted by molar-refractivity contribution is 7.15. The summed E-state index contributed by atoms with van der Waals surface area (Å²) in [6.07, 6.45) is 1.84. The number of carbonyl (C=O) groups excluding carboxylic acids is 1. The monoisotopic (exact) mass is 333 g/mol. The minimum atomic E-state index is -1.05. The maximum Gasteiger partial charge on any atom is 0.335 e. The molecule has 2 aromatic rings. The molecule has 1 aromatic carbocycles. The normalized spacial score (nSPS) is 17.1. The largest absolute Gasteiger partial charge is 0.478 e. The number of benzene rings is 1. The third-order valence-electron chi connectivity index (χ3n) is 3.49. The van der Waals surface area contributed by atoms with Crippen LogP contribution < -0.4 is 5.32 Å². The lowest BCUT2D eigenvalue weighted by atomic mass is 10.0. The fourth-order valence-corrected chi connectivity index (χ4v) is 3.25. The summed E-state index contributed by atoms with van der Waals surface area (Å²) in [7, 11) is 0. The minimum Gasteiger partial charge on any atom is -0.478 e. The van der Waals surface area contributed by atoms with Crippen molar-refractivity contribution in [2.24, 2.45) is 0 Å². The highest BCUT2D eigenvalue weighted by Gasteiger charge is 2.22. The standard InChI is InChI=1S/C15H15N3O4S/c19-12(8-9-4-1-2-5-10(9)14(20)21)16-15-18-17-13(23-15)11-6-3-7-22-11/h1-2,4-5,11H,3,6-8H2,(H,20,21)(H,16,18,19)/t11-/m0/s1. The number of carboxylic acids is 1. The zero-order chi connectivity index (χ0) is 16.2. The van der Waals surface area contributed by atoms with Gasteiger partial charge in [0.2, 0.25) is 11.0 Å². The topological polar surface area (TPSA) is 101 Å². The Bertz CT molecular complexity index is 725. The molecular formula is C15H15N3O4S. The van der Waals surface area contributed by atoms with E-state index in [1.165, 1.54) is 17.4 Å². The van der Waals surface area contributed by atoms with Crippen LogP contribution in [0.3, 0.4) is 0 Å². The molecule has 1 aliphatic rings. The molecule has 2 N–H and O–H groups in total. The molecule has 1 saturated heterocycles. The first-order valence-corrected chi connectivity index (χ1v) is 8.01. The van der Waals surface area contributed by atoms with Crippen LogP contribution in [0.1, 0.15) is 39.9 Å². The Balaban J connectivity index is 1.65. The number of hydrogen-bond acceptors (Lipinski definition) is 6. The van der Waals surface area contributed by atoms with Crippen LogP contribution in [-0.4, -0.2) is 33.8 Å². The van der Waals surface area contributed by atoms with Crippen LogP contribution in [0.4, 0.5) is 5.13 Å². The first-order valence-electron chi connectivity index (χ1n) is 7.19. The molecule has 0 aliphatic carbocycles. The van der Waals surface area contributed by atoms with Gasteiger partial charge in [-0.1, -0.05) is 29.5 Å². The van der Waals surface area contributed by atoms with Crippen molar-refractivity contribution < 1.29 is 19.4 Å². The van der Waals surface area contributed by atoms with Crippen molar-refractivity contribution in [3.05, 3.63) is 40.4 Å². The van der Waals surface area contributed by atoms with Crippen molar-refractivity contribution in [3.8, 4) is 0 Å². The number of ether oxygens (including phenoxy) is 1. The number of nitrogens with one attached hydrogen (secondary N) is 1. The first-order chi connectivity index (χ1) is 11.1. The molecular weight excluding hydrogens is 318 g/mol. The third-order valence-corrected chi connectivity index (χ3v) is 4.42. The number of amides is 1. The van der Waals surface area contributed by atoms with E-state index in [2.05, 4.69) is 15.5 Å². The van der Waals surface area contributed by atoms with E-state index in [1.54, 1.807) is 18.2 Å². The van der Waals surface area contributed by atoms with Crippen molar-refractivity contribution in [3.63, 3.8) is 0 Å². The Labute approximate surface area is 136 Å². The lowest BCUT2D eigenvalue weighted by molar-refractivity contribution is -0.115. The van der Waals surface area contributed by atoms with Crippen molar-refractivity contribution in [1.29, 1.82) is 0 Å². The number of aromatic nitrogens is 2. The van der Waals surface area contributed by atoms with Gasteiger partial charge in [0.1, 0.15) is 11.1 Å². The van der Waals surface area contributed by atoms with Gasteiger partial charge in [-0.2, -0.15) is 0 Å². The van der Waals surface area contributed by atoms with Crippen LogP contribution in [-0.2, 0) is 16.0 Å². The summed E-state index contributed by atoms with van der Waals surface area (Å²) in [4.78, 5) is 23.2. The van der Waals surface area contributed by atoms with Crippen molar-refractivity contribution in [2.75, 3.05) is 11.9 Å². The molecule has 1 fully saturated rings. The van der Waals surface area contributed by atoms with E-state index in [0.717, 1.165) is 24.5 Å². The van der Waals surface area contributed by atoms with Gasteiger partial charge >= 0.3 is 5.97 Å². The van der Waals surface area contributed by atoms with Crippen molar-refractivity contribution in [1.82, 2.24) is 10.2 Å².